The lowest BCUT2D eigenvalue weighted by Gasteiger charge is -2.27. The molecule has 4 rings (SSSR count). The van der Waals surface area contributed by atoms with Crippen molar-refractivity contribution in [2.24, 2.45) is 0 Å². The molecule has 0 radical (unpaired) electrons. The van der Waals surface area contributed by atoms with Gasteiger partial charge in [0.05, 0.1) is 10.7 Å². The second kappa shape index (κ2) is 9.82. The van der Waals surface area contributed by atoms with E-state index >= 15 is 0 Å². The summed E-state index contributed by atoms with van der Waals surface area (Å²) in [5.41, 5.74) is 3.84. The van der Waals surface area contributed by atoms with Gasteiger partial charge in [0.1, 0.15) is 29.6 Å². The van der Waals surface area contributed by atoms with E-state index in [1.54, 1.807) is 48.5 Å². The number of nitrogens with zero attached hydrogens (tertiary/aromatic N) is 3. The highest BCUT2D eigenvalue weighted by molar-refractivity contribution is 7.10. The van der Waals surface area contributed by atoms with E-state index < -0.39 is 37.4 Å². The van der Waals surface area contributed by atoms with Gasteiger partial charge in [-0.1, -0.05) is 52.0 Å². The molecule has 0 bridgehead atoms. The Morgan fingerprint density at radius 3 is 2.64 bits per heavy atom. The molecule has 2 aromatic carbocycles. The van der Waals surface area contributed by atoms with Crippen molar-refractivity contribution in [1.82, 2.24) is 15.0 Å². The van der Waals surface area contributed by atoms with E-state index in [4.69, 9.17) is 27.9 Å². The number of amides is 1. The predicted molar refractivity (Wildman–Crippen MR) is 120 cm³/mol. The van der Waals surface area contributed by atoms with E-state index in [0.29, 0.717) is 27.0 Å². The lowest BCUT2D eigenvalue weighted by Crippen LogP contribution is -2.45. The molecule has 1 aliphatic rings. The molecule has 2 N–H and O–H groups in total. The molecule has 1 amide bonds. The van der Waals surface area contributed by atoms with Gasteiger partial charge in [-0.3, -0.25) is 9.80 Å². The topological polar surface area (TPSA) is 79.4 Å². The standard InChI is InChI=1S/C20H16Cl2F3N5O2S/c21-12-7-5-11(6-8-12)18-19(33-29-27-18)26-16(31)10-32-17-9-15(20(23,24)25)28-30(17)14-4-2-1-3-13(14)22/h1-8,15,17,28H,9-10H2,(H,26,31). The average Bonchev–Trinajstić information content (AvgIpc) is 3.40. The zero-order valence-corrected chi connectivity index (χ0v) is 19.0. The molecule has 0 aliphatic carbocycles. The molecule has 3 aromatic rings. The first-order valence-corrected chi connectivity index (χ1v) is 11.1. The molecule has 7 nitrogen and oxygen atoms in total. The minimum Gasteiger partial charge on any atom is -0.347 e. The lowest BCUT2D eigenvalue weighted by molar-refractivity contribution is -0.153. The predicted octanol–water partition coefficient (Wildman–Crippen LogP) is 5.14. The highest BCUT2D eigenvalue weighted by Gasteiger charge is 2.48. The number of rotatable bonds is 6. The zero-order valence-electron chi connectivity index (χ0n) is 16.6. The Morgan fingerprint density at radius 1 is 1.21 bits per heavy atom. The van der Waals surface area contributed by atoms with Gasteiger partial charge < -0.3 is 10.1 Å². The quantitative estimate of drug-likeness (QED) is 0.471. The SMILES string of the molecule is O=C(COC1CC(C(F)(F)F)NN1c1ccccc1Cl)Nc1snnc1-c1ccc(Cl)cc1. The fraction of sp³-hybridized carbons (Fsp3) is 0.250. The normalized spacial score (nSPS) is 18.5. The number of carbonyl (C=O) groups is 1. The van der Waals surface area contributed by atoms with Crippen LogP contribution in [0.2, 0.25) is 10.0 Å². The largest absolute Gasteiger partial charge is 0.405 e. The van der Waals surface area contributed by atoms with Crippen molar-refractivity contribution in [2.75, 3.05) is 16.9 Å². The molecular formula is C20H16Cl2F3N5O2S. The molecule has 0 saturated carbocycles. The van der Waals surface area contributed by atoms with Crippen molar-refractivity contribution >= 4 is 51.3 Å². The second-order valence-electron chi connectivity index (χ2n) is 7.05. The Morgan fingerprint density at radius 2 is 1.94 bits per heavy atom. The van der Waals surface area contributed by atoms with Crippen LogP contribution in [0.25, 0.3) is 11.3 Å². The number of anilines is 2. The average molecular weight is 518 g/mol. The smallest absolute Gasteiger partial charge is 0.347 e. The number of halogens is 5. The number of ether oxygens (including phenoxy) is 1. The summed E-state index contributed by atoms with van der Waals surface area (Å²) in [4.78, 5) is 12.5. The fourth-order valence-corrected chi connectivity index (χ4v) is 4.20. The maximum absolute atomic E-state index is 13.3. The molecule has 13 heteroatoms. The maximum Gasteiger partial charge on any atom is 0.405 e. The monoisotopic (exact) mass is 517 g/mol. The Hall–Kier alpha value is -2.44. The van der Waals surface area contributed by atoms with Gasteiger partial charge >= 0.3 is 6.18 Å². The van der Waals surface area contributed by atoms with Crippen molar-refractivity contribution in [1.29, 1.82) is 0 Å². The van der Waals surface area contributed by atoms with Crippen LogP contribution in [0.1, 0.15) is 6.42 Å². The number of carbonyl (C=O) groups excluding carboxylic acids is 1. The van der Waals surface area contributed by atoms with Crippen molar-refractivity contribution < 1.29 is 22.7 Å². The third-order valence-corrected chi connectivity index (χ3v) is 6.01. The highest BCUT2D eigenvalue weighted by Crippen LogP contribution is 2.35. The number of hydrazine groups is 1. The van der Waals surface area contributed by atoms with Crippen LogP contribution in [0, 0.1) is 0 Å². The zero-order chi connectivity index (χ0) is 23.6. The molecule has 1 aliphatic heterocycles. The van der Waals surface area contributed by atoms with Gasteiger partial charge in [0.25, 0.3) is 5.91 Å². The fourth-order valence-electron chi connectivity index (χ4n) is 3.24. The van der Waals surface area contributed by atoms with Gasteiger partial charge in [-0.25, -0.2) is 5.43 Å². The van der Waals surface area contributed by atoms with Crippen LogP contribution in [0.5, 0.6) is 0 Å². The van der Waals surface area contributed by atoms with E-state index in [9.17, 15) is 18.0 Å². The van der Waals surface area contributed by atoms with Crippen molar-refractivity contribution in [2.45, 2.75) is 24.9 Å². The minimum atomic E-state index is -4.50. The molecule has 1 aromatic heterocycles. The molecule has 2 heterocycles. The Bertz CT molecular complexity index is 1130. The van der Waals surface area contributed by atoms with Gasteiger partial charge in [-0.2, -0.15) is 13.2 Å². The molecular weight excluding hydrogens is 502 g/mol. The number of nitrogens with one attached hydrogen (secondary N) is 2. The number of para-hydroxylation sites is 1. The van der Waals surface area contributed by atoms with E-state index in [-0.39, 0.29) is 5.02 Å². The molecule has 0 spiro atoms. The third-order valence-electron chi connectivity index (χ3n) is 4.79. The summed E-state index contributed by atoms with van der Waals surface area (Å²) in [6.07, 6.45) is -5.99. The van der Waals surface area contributed by atoms with E-state index in [1.165, 1.54) is 5.01 Å². The first-order valence-electron chi connectivity index (χ1n) is 9.59. The summed E-state index contributed by atoms with van der Waals surface area (Å²) in [6.45, 7) is -0.490. The Balaban J connectivity index is 1.44. The minimum absolute atomic E-state index is 0.245. The second-order valence-corrected chi connectivity index (χ2v) is 8.65. The Labute approximate surface area is 200 Å². The van der Waals surface area contributed by atoms with Crippen LogP contribution in [0.15, 0.2) is 48.5 Å². The number of benzene rings is 2. The van der Waals surface area contributed by atoms with Crippen LogP contribution in [-0.2, 0) is 9.53 Å². The summed E-state index contributed by atoms with van der Waals surface area (Å²) in [5.74, 6) is -0.564. The molecule has 33 heavy (non-hydrogen) atoms. The first-order chi connectivity index (χ1) is 15.7. The highest BCUT2D eigenvalue weighted by atomic mass is 35.5. The van der Waals surface area contributed by atoms with Crippen molar-refractivity contribution in [3.63, 3.8) is 0 Å². The third kappa shape index (κ3) is 5.56. The van der Waals surface area contributed by atoms with Crippen LogP contribution < -0.4 is 15.8 Å². The van der Waals surface area contributed by atoms with Crippen molar-refractivity contribution in [3.05, 3.63) is 58.6 Å². The molecule has 174 valence electrons. The van der Waals surface area contributed by atoms with Crippen LogP contribution in [0.3, 0.4) is 0 Å². The number of hydrogen-bond donors (Lipinski definition) is 2. The summed E-state index contributed by atoms with van der Waals surface area (Å²) in [5, 5.41) is 9.03. The van der Waals surface area contributed by atoms with Gasteiger partial charge in [-0.05, 0) is 24.3 Å². The molecule has 1 fully saturated rings. The number of aromatic nitrogens is 2. The summed E-state index contributed by atoms with van der Waals surface area (Å²) >= 11 is 13.0. The summed E-state index contributed by atoms with van der Waals surface area (Å²) < 4.78 is 49.4. The van der Waals surface area contributed by atoms with Gasteiger partial charge in [-0.15, -0.1) is 5.10 Å². The van der Waals surface area contributed by atoms with Crippen molar-refractivity contribution in [3.8, 4) is 11.3 Å². The van der Waals surface area contributed by atoms with E-state index in [2.05, 4.69) is 20.3 Å². The van der Waals surface area contributed by atoms with Gasteiger partial charge in [0.15, 0.2) is 0 Å². The van der Waals surface area contributed by atoms with Crippen LogP contribution >= 0.6 is 34.7 Å². The molecule has 1 saturated heterocycles. The van der Waals surface area contributed by atoms with Crippen LogP contribution in [-0.4, -0.2) is 40.5 Å². The van der Waals surface area contributed by atoms with E-state index in [0.717, 1.165) is 11.5 Å². The van der Waals surface area contributed by atoms with Crippen LogP contribution in [0.4, 0.5) is 23.9 Å². The Kier molecular flexibility index (Phi) is 7.05. The first kappa shape index (κ1) is 23.7. The summed E-state index contributed by atoms with van der Waals surface area (Å²) in [6, 6.07) is 11.4. The number of alkyl halides is 3. The molecule has 2 unspecified atom stereocenters. The van der Waals surface area contributed by atoms with E-state index in [1.807, 2.05) is 0 Å². The van der Waals surface area contributed by atoms with Gasteiger partial charge in [0, 0.05) is 28.5 Å². The molecule has 2 atom stereocenters. The number of hydrogen-bond acceptors (Lipinski definition) is 7. The summed E-state index contributed by atoms with van der Waals surface area (Å²) in [7, 11) is 0. The van der Waals surface area contributed by atoms with Gasteiger partial charge in [0.2, 0.25) is 0 Å². The maximum atomic E-state index is 13.3. The lowest BCUT2D eigenvalue weighted by atomic mass is 10.2.